The van der Waals surface area contributed by atoms with E-state index in [0.29, 0.717) is 12.7 Å². The molecular formula is C11H21N3O2. The summed E-state index contributed by atoms with van der Waals surface area (Å²) in [5.41, 5.74) is 5.46. The standard InChI is InChI=1S/C11H21N3O2/c12-11(13)10-8-14(4-6-16-10)7-9-3-1-2-5-15-9/h9-10H,1-8H2,(H3,12,13). The molecule has 2 atom stereocenters. The fourth-order valence-corrected chi connectivity index (χ4v) is 2.30. The van der Waals surface area contributed by atoms with Crippen LogP contribution in [0.1, 0.15) is 19.3 Å². The number of hydrogen-bond donors (Lipinski definition) is 2. The summed E-state index contributed by atoms with van der Waals surface area (Å²) in [5.74, 6) is 0.134. The van der Waals surface area contributed by atoms with Gasteiger partial charge in [0.1, 0.15) is 11.9 Å². The zero-order valence-electron chi connectivity index (χ0n) is 9.65. The highest BCUT2D eigenvalue weighted by Gasteiger charge is 2.25. The molecule has 16 heavy (non-hydrogen) atoms. The Morgan fingerprint density at radius 3 is 2.88 bits per heavy atom. The second-order valence-electron chi connectivity index (χ2n) is 4.56. The van der Waals surface area contributed by atoms with E-state index in [2.05, 4.69) is 4.90 Å². The van der Waals surface area contributed by atoms with Gasteiger partial charge in [0.05, 0.1) is 12.7 Å². The molecule has 3 N–H and O–H groups in total. The third-order valence-corrected chi connectivity index (χ3v) is 3.23. The van der Waals surface area contributed by atoms with Gasteiger partial charge in [-0.2, -0.15) is 0 Å². The van der Waals surface area contributed by atoms with Gasteiger partial charge in [-0.1, -0.05) is 0 Å². The van der Waals surface area contributed by atoms with Gasteiger partial charge in [0, 0.05) is 26.2 Å². The summed E-state index contributed by atoms with van der Waals surface area (Å²) in [6, 6.07) is 0. The van der Waals surface area contributed by atoms with Gasteiger partial charge in [-0.15, -0.1) is 0 Å². The molecule has 5 nitrogen and oxygen atoms in total. The second-order valence-corrected chi connectivity index (χ2v) is 4.56. The van der Waals surface area contributed by atoms with Crippen LogP contribution in [0.25, 0.3) is 0 Å². The first kappa shape index (κ1) is 11.8. The van der Waals surface area contributed by atoms with E-state index in [1.54, 1.807) is 0 Å². The van der Waals surface area contributed by atoms with Crippen molar-refractivity contribution in [3.05, 3.63) is 0 Å². The smallest absolute Gasteiger partial charge is 0.127 e. The van der Waals surface area contributed by atoms with Crippen LogP contribution in [-0.4, -0.2) is 55.8 Å². The predicted octanol–water partition coefficient (Wildman–Crippen LogP) is 0.192. The number of amidine groups is 1. The molecule has 2 heterocycles. The van der Waals surface area contributed by atoms with Crippen molar-refractivity contribution in [2.24, 2.45) is 5.73 Å². The summed E-state index contributed by atoms with van der Waals surface area (Å²) in [6.45, 7) is 4.16. The van der Waals surface area contributed by atoms with Crippen molar-refractivity contribution >= 4 is 5.84 Å². The summed E-state index contributed by atoms with van der Waals surface area (Å²) in [5, 5.41) is 7.39. The van der Waals surface area contributed by atoms with Crippen molar-refractivity contribution in [3.63, 3.8) is 0 Å². The number of rotatable bonds is 3. The van der Waals surface area contributed by atoms with Crippen LogP contribution in [0.4, 0.5) is 0 Å². The number of hydrogen-bond acceptors (Lipinski definition) is 4. The van der Waals surface area contributed by atoms with Gasteiger partial charge in [-0.3, -0.25) is 10.3 Å². The van der Waals surface area contributed by atoms with Crippen LogP contribution in [0.3, 0.4) is 0 Å². The van der Waals surface area contributed by atoms with Crippen molar-refractivity contribution < 1.29 is 9.47 Å². The fraction of sp³-hybridized carbons (Fsp3) is 0.909. The van der Waals surface area contributed by atoms with Gasteiger partial charge in [-0.05, 0) is 19.3 Å². The molecule has 2 unspecified atom stereocenters. The summed E-state index contributed by atoms with van der Waals surface area (Å²) in [7, 11) is 0. The monoisotopic (exact) mass is 227 g/mol. The lowest BCUT2D eigenvalue weighted by Crippen LogP contribution is -2.50. The minimum atomic E-state index is -0.225. The molecule has 0 amide bonds. The largest absolute Gasteiger partial charge is 0.385 e. The third-order valence-electron chi connectivity index (χ3n) is 3.23. The van der Waals surface area contributed by atoms with Crippen LogP contribution in [0.5, 0.6) is 0 Å². The molecule has 0 aromatic heterocycles. The lowest BCUT2D eigenvalue weighted by molar-refractivity contribution is -0.0423. The lowest BCUT2D eigenvalue weighted by Gasteiger charge is -2.35. The van der Waals surface area contributed by atoms with Crippen molar-refractivity contribution in [3.8, 4) is 0 Å². The first-order valence-corrected chi connectivity index (χ1v) is 6.05. The minimum absolute atomic E-state index is 0.134. The molecule has 5 heteroatoms. The molecule has 0 radical (unpaired) electrons. The van der Waals surface area contributed by atoms with Gasteiger partial charge in [-0.25, -0.2) is 0 Å². The third kappa shape index (κ3) is 3.17. The van der Waals surface area contributed by atoms with E-state index in [1.807, 2.05) is 0 Å². The van der Waals surface area contributed by atoms with Crippen molar-refractivity contribution in [2.75, 3.05) is 32.8 Å². The van der Waals surface area contributed by atoms with Crippen LogP contribution in [0.2, 0.25) is 0 Å². The molecule has 2 aliphatic rings. The number of nitrogens with zero attached hydrogens (tertiary/aromatic N) is 1. The van der Waals surface area contributed by atoms with Crippen LogP contribution < -0.4 is 5.73 Å². The van der Waals surface area contributed by atoms with Gasteiger partial charge in [0.25, 0.3) is 0 Å². The minimum Gasteiger partial charge on any atom is -0.385 e. The first-order chi connectivity index (χ1) is 7.75. The normalized spacial score (nSPS) is 32.5. The fourth-order valence-electron chi connectivity index (χ4n) is 2.30. The van der Waals surface area contributed by atoms with Crippen LogP contribution in [0.15, 0.2) is 0 Å². The van der Waals surface area contributed by atoms with E-state index >= 15 is 0 Å². The number of ether oxygens (including phenoxy) is 2. The Morgan fingerprint density at radius 2 is 2.19 bits per heavy atom. The molecule has 0 aliphatic carbocycles. The molecule has 2 rings (SSSR count). The predicted molar refractivity (Wildman–Crippen MR) is 61.7 cm³/mol. The highest BCUT2D eigenvalue weighted by Crippen LogP contribution is 2.15. The maximum Gasteiger partial charge on any atom is 0.127 e. The van der Waals surface area contributed by atoms with E-state index in [-0.39, 0.29) is 11.9 Å². The Morgan fingerprint density at radius 1 is 1.31 bits per heavy atom. The van der Waals surface area contributed by atoms with Gasteiger partial charge in [0.2, 0.25) is 0 Å². The first-order valence-electron chi connectivity index (χ1n) is 6.05. The van der Waals surface area contributed by atoms with Crippen LogP contribution >= 0.6 is 0 Å². The van der Waals surface area contributed by atoms with Gasteiger partial charge in [0.15, 0.2) is 0 Å². The highest BCUT2D eigenvalue weighted by molar-refractivity contribution is 5.82. The van der Waals surface area contributed by atoms with Crippen molar-refractivity contribution in [2.45, 2.75) is 31.5 Å². The second kappa shape index (κ2) is 5.61. The van der Waals surface area contributed by atoms with E-state index in [4.69, 9.17) is 20.6 Å². The summed E-state index contributed by atoms with van der Waals surface area (Å²) in [4.78, 5) is 2.30. The maximum atomic E-state index is 7.39. The maximum absolute atomic E-state index is 7.39. The summed E-state index contributed by atoms with van der Waals surface area (Å²) in [6.07, 6.45) is 3.75. The number of morpholine rings is 1. The Bertz CT molecular complexity index is 241. The molecular weight excluding hydrogens is 206 g/mol. The summed E-state index contributed by atoms with van der Waals surface area (Å²) < 4.78 is 11.1. The molecule has 2 saturated heterocycles. The zero-order chi connectivity index (χ0) is 11.4. The van der Waals surface area contributed by atoms with Crippen LogP contribution in [0, 0.1) is 5.41 Å². The molecule has 2 fully saturated rings. The van der Waals surface area contributed by atoms with E-state index in [9.17, 15) is 0 Å². The van der Waals surface area contributed by atoms with E-state index < -0.39 is 0 Å². The van der Waals surface area contributed by atoms with Crippen LogP contribution in [-0.2, 0) is 9.47 Å². The Kier molecular flexibility index (Phi) is 4.15. The Labute approximate surface area is 96.4 Å². The highest BCUT2D eigenvalue weighted by atomic mass is 16.5. The molecule has 2 aliphatic heterocycles. The average Bonchev–Trinajstić information content (AvgIpc) is 2.30. The quantitative estimate of drug-likeness (QED) is 0.533. The van der Waals surface area contributed by atoms with Crippen molar-refractivity contribution in [1.29, 1.82) is 5.41 Å². The Hall–Kier alpha value is -0.650. The Balaban J connectivity index is 1.78. The topological polar surface area (TPSA) is 71.6 Å². The van der Waals surface area contributed by atoms with Gasteiger partial charge < -0.3 is 15.2 Å². The molecule has 0 saturated carbocycles. The molecule has 0 aromatic rings. The zero-order valence-corrected chi connectivity index (χ0v) is 9.65. The number of nitrogens with one attached hydrogen (secondary N) is 1. The molecule has 92 valence electrons. The molecule has 0 spiro atoms. The number of nitrogens with two attached hydrogens (primary N) is 1. The summed E-state index contributed by atoms with van der Waals surface area (Å²) >= 11 is 0. The van der Waals surface area contributed by atoms with Crippen molar-refractivity contribution in [1.82, 2.24) is 4.90 Å². The van der Waals surface area contributed by atoms with E-state index in [0.717, 1.165) is 32.7 Å². The average molecular weight is 227 g/mol. The van der Waals surface area contributed by atoms with E-state index in [1.165, 1.54) is 12.8 Å². The van der Waals surface area contributed by atoms with Gasteiger partial charge >= 0.3 is 0 Å². The lowest BCUT2D eigenvalue weighted by atomic mass is 10.1. The SMILES string of the molecule is N=C(N)C1CN(CC2CCCCO2)CCO1. The molecule has 0 aromatic carbocycles. The molecule has 0 bridgehead atoms.